The second-order valence-electron chi connectivity index (χ2n) is 9.55. The normalized spacial score (nSPS) is 11.9. The second kappa shape index (κ2) is 12.8. The minimum absolute atomic E-state index is 0.0493. The van der Waals surface area contributed by atoms with Crippen LogP contribution in [0.15, 0.2) is 60.7 Å². The number of aliphatic carboxylic acids is 1. The van der Waals surface area contributed by atoms with Gasteiger partial charge in [-0.1, -0.05) is 48.3 Å². The maximum absolute atomic E-state index is 13.0. The third-order valence-electron chi connectivity index (χ3n) is 6.22. The largest absolute Gasteiger partial charge is 0.489 e. The molecular weight excluding hydrogens is 545 g/mol. The molecule has 3 aromatic carbocycles. The number of amides is 1. The Balaban J connectivity index is 1.72. The summed E-state index contributed by atoms with van der Waals surface area (Å²) in [5.74, 6) is -1.62. The predicted octanol–water partition coefficient (Wildman–Crippen LogP) is 6.51. The van der Waals surface area contributed by atoms with Crippen LogP contribution < -0.4 is 15.4 Å². The average molecular weight is 574 g/mol. The fourth-order valence-electron chi connectivity index (χ4n) is 3.65. The van der Waals surface area contributed by atoms with E-state index in [1.807, 2.05) is 20.8 Å². The quantitative estimate of drug-likeness (QED) is 0.166. The van der Waals surface area contributed by atoms with Gasteiger partial charge < -0.3 is 20.5 Å². The number of hydrogen-bond donors (Lipinski definition) is 3. The fourth-order valence-corrected chi connectivity index (χ4v) is 4.16. The highest BCUT2D eigenvalue weighted by molar-refractivity contribution is 6.35. The summed E-state index contributed by atoms with van der Waals surface area (Å²) in [4.78, 5) is 35.9. The van der Waals surface area contributed by atoms with Crippen molar-refractivity contribution in [3.63, 3.8) is 0 Å². The number of carbonyl (C=O) groups excluding carboxylic acids is 1. The van der Waals surface area contributed by atoms with E-state index in [4.69, 9.17) is 27.9 Å². The summed E-state index contributed by atoms with van der Waals surface area (Å²) in [5, 5.41) is 27.9. The minimum Gasteiger partial charge on any atom is -0.489 e. The van der Waals surface area contributed by atoms with Crippen LogP contribution in [0.1, 0.15) is 48.7 Å². The van der Waals surface area contributed by atoms with Gasteiger partial charge in [0.05, 0.1) is 4.92 Å². The van der Waals surface area contributed by atoms with Crippen molar-refractivity contribution < 1.29 is 24.4 Å². The van der Waals surface area contributed by atoms with E-state index >= 15 is 0 Å². The second-order valence-corrected chi connectivity index (χ2v) is 10.4. The molecule has 0 bridgehead atoms. The highest BCUT2D eigenvalue weighted by atomic mass is 35.5. The van der Waals surface area contributed by atoms with Gasteiger partial charge in [-0.3, -0.25) is 14.9 Å². The highest BCUT2D eigenvalue weighted by Crippen LogP contribution is 2.27. The van der Waals surface area contributed by atoms with Gasteiger partial charge in [0.15, 0.2) is 0 Å². The number of ether oxygens (including phenoxy) is 1. The van der Waals surface area contributed by atoms with Gasteiger partial charge in [0, 0.05) is 39.3 Å². The van der Waals surface area contributed by atoms with Gasteiger partial charge in [0.25, 0.3) is 11.6 Å². The molecule has 3 rings (SSSR count). The number of nitro groups is 1. The van der Waals surface area contributed by atoms with E-state index in [0.717, 1.165) is 6.42 Å². The summed E-state index contributed by atoms with van der Waals surface area (Å²) in [6.07, 6.45) is 0.719. The van der Waals surface area contributed by atoms with Crippen LogP contribution in [0.4, 0.5) is 11.4 Å². The number of nitro benzene ring substituents is 1. The van der Waals surface area contributed by atoms with Crippen LogP contribution in [-0.2, 0) is 17.8 Å². The topological polar surface area (TPSA) is 131 Å². The van der Waals surface area contributed by atoms with Crippen molar-refractivity contribution in [2.24, 2.45) is 0 Å². The number of carboxylic acids is 1. The summed E-state index contributed by atoms with van der Waals surface area (Å²) in [6.45, 7) is 6.04. The third kappa shape index (κ3) is 8.08. The van der Waals surface area contributed by atoms with Gasteiger partial charge in [0.2, 0.25) is 0 Å². The van der Waals surface area contributed by atoms with E-state index in [-0.39, 0.29) is 24.1 Å². The zero-order valence-corrected chi connectivity index (χ0v) is 23.2. The van der Waals surface area contributed by atoms with E-state index in [9.17, 15) is 24.8 Å². The first-order chi connectivity index (χ1) is 18.4. The lowest BCUT2D eigenvalue weighted by molar-refractivity contribution is -0.385. The number of nitrogens with zero attached hydrogens (tertiary/aromatic N) is 1. The molecule has 0 aliphatic carbocycles. The molecule has 9 nitrogen and oxygen atoms in total. The van der Waals surface area contributed by atoms with E-state index < -0.39 is 28.5 Å². The first kappa shape index (κ1) is 29.7. The summed E-state index contributed by atoms with van der Waals surface area (Å²) in [7, 11) is 0. The van der Waals surface area contributed by atoms with E-state index in [2.05, 4.69) is 10.6 Å². The maximum atomic E-state index is 13.0. The zero-order chi connectivity index (χ0) is 28.7. The van der Waals surface area contributed by atoms with Crippen LogP contribution in [0.25, 0.3) is 0 Å². The van der Waals surface area contributed by atoms with Crippen molar-refractivity contribution >= 4 is 46.5 Å². The Bertz CT molecular complexity index is 1340. The van der Waals surface area contributed by atoms with E-state index in [0.29, 0.717) is 32.6 Å². The molecule has 0 saturated carbocycles. The Labute approximate surface area is 236 Å². The molecule has 0 fully saturated rings. The Kier molecular flexibility index (Phi) is 9.77. The average Bonchev–Trinajstić information content (AvgIpc) is 2.88. The molecule has 0 saturated heterocycles. The van der Waals surface area contributed by atoms with Gasteiger partial charge >= 0.3 is 5.97 Å². The Morgan fingerprint density at radius 3 is 2.28 bits per heavy atom. The summed E-state index contributed by atoms with van der Waals surface area (Å²) < 4.78 is 5.75. The Morgan fingerprint density at radius 1 is 1.08 bits per heavy atom. The Morgan fingerprint density at radius 2 is 1.72 bits per heavy atom. The molecule has 11 heteroatoms. The number of anilines is 1. The first-order valence-electron chi connectivity index (χ1n) is 12.1. The molecule has 0 aliphatic rings. The number of halogens is 2. The SMILES string of the molecule is CCC(C)(C)Nc1ccc([N+](=O)[O-])c(C(=O)NC(Cc2ccc(OCc3c(Cl)cccc3Cl)cc2)C(=O)O)c1. The maximum Gasteiger partial charge on any atom is 0.326 e. The number of carbonyl (C=O) groups is 2. The highest BCUT2D eigenvalue weighted by Gasteiger charge is 2.27. The summed E-state index contributed by atoms with van der Waals surface area (Å²) in [5.41, 5.74) is 0.800. The van der Waals surface area contributed by atoms with Crippen molar-refractivity contribution in [2.75, 3.05) is 5.32 Å². The lowest BCUT2D eigenvalue weighted by Crippen LogP contribution is -2.42. The van der Waals surface area contributed by atoms with Gasteiger partial charge in [-0.25, -0.2) is 4.79 Å². The lowest BCUT2D eigenvalue weighted by Gasteiger charge is -2.26. The smallest absolute Gasteiger partial charge is 0.326 e. The van der Waals surface area contributed by atoms with E-state index in [1.54, 1.807) is 42.5 Å². The van der Waals surface area contributed by atoms with Gasteiger partial charge in [-0.2, -0.15) is 0 Å². The molecule has 1 unspecified atom stereocenters. The minimum atomic E-state index is -1.32. The molecule has 0 aromatic heterocycles. The van der Waals surface area contributed by atoms with E-state index in [1.165, 1.54) is 18.2 Å². The molecule has 0 aliphatic heterocycles. The van der Waals surface area contributed by atoms with Gasteiger partial charge in [-0.05, 0) is 62.2 Å². The standard InChI is InChI=1S/C28H29Cl2N3O6/c1-4-28(2,3)32-18-10-13-25(33(37)38)20(15-18)26(34)31-24(27(35)36)14-17-8-11-19(12-9-17)39-16-21-22(29)6-5-7-23(21)30/h5-13,15,24,32H,4,14,16H2,1-3H3,(H,31,34)(H,35,36). The zero-order valence-electron chi connectivity index (χ0n) is 21.7. The molecule has 1 amide bonds. The van der Waals surface area contributed by atoms with Crippen LogP contribution in [0.2, 0.25) is 10.0 Å². The summed E-state index contributed by atoms with van der Waals surface area (Å²) in [6, 6.07) is 14.6. The first-order valence-corrected chi connectivity index (χ1v) is 12.9. The number of hydrogen-bond acceptors (Lipinski definition) is 6. The molecule has 1 atom stereocenters. The van der Waals surface area contributed by atoms with Crippen molar-refractivity contribution in [1.29, 1.82) is 0 Å². The van der Waals surface area contributed by atoms with Crippen molar-refractivity contribution in [3.8, 4) is 5.75 Å². The van der Waals surface area contributed by atoms with Crippen molar-refractivity contribution in [3.05, 3.63) is 97.5 Å². The van der Waals surface area contributed by atoms with Crippen LogP contribution >= 0.6 is 23.2 Å². The molecule has 3 aromatic rings. The number of carboxylic acid groups (broad SMARTS) is 1. The fraction of sp³-hybridized carbons (Fsp3) is 0.286. The van der Waals surface area contributed by atoms with Crippen LogP contribution in [-0.4, -0.2) is 33.5 Å². The predicted molar refractivity (Wildman–Crippen MR) is 151 cm³/mol. The number of rotatable bonds is 12. The lowest BCUT2D eigenvalue weighted by atomic mass is 10.0. The Hall–Kier alpha value is -3.82. The van der Waals surface area contributed by atoms with Crippen LogP contribution in [0, 0.1) is 10.1 Å². The number of nitrogens with one attached hydrogen (secondary N) is 2. The molecule has 39 heavy (non-hydrogen) atoms. The van der Waals surface area contributed by atoms with Crippen LogP contribution in [0.3, 0.4) is 0 Å². The van der Waals surface area contributed by atoms with Gasteiger partial charge in [0.1, 0.15) is 24.0 Å². The van der Waals surface area contributed by atoms with Crippen LogP contribution in [0.5, 0.6) is 5.75 Å². The summed E-state index contributed by atoms with van der Waals surface area (Å²) >= 11 is 12.3. The molecule has 0 spiro atoms. The molecule has 0 heterocycles. The monoisotopic (exact) mass is 573 g/mol. The number of benzene rings is 3. The molecule has 3 N–H and O–H groups in total. The molecule has 0 radical (unpaired) electrons. The molecule has 206 valence electrons. The van der Waals surface area contributed by atoms with Gasteiger partial charge in [-0.15, -0.1) is 0 Å². The molecular formula is C28H29Cl2N3O6. The van der Waals surface area contributed by atoms with Crippen molar-refractivity contribution in [2.45, 2.75) is 51.8 Å². The van der Waals surface area contributed by atoms with Crippen molar-refractivity contribution in [1.82, 2.24) is 5.32 Å². The third-order valence-corrected chi connectivity index (χ3v) is 6.92.